The summed E-state index contributed by atoms with van der Waals surface area (Å²) in [5.74, 6) is -1.63. The van der Waals surface area contributed by atoms with Gasteiger partial charge in [0.25, 0.3) is 10.1 Å². The second-order valence-electron chi connectivity index (χ2n) is 6.31. The highest BCUT2D eigenvalue weighted by Crippen LogP contribution is 2.30. The van der Waals surface area contributed by atoms with Crippen LogP contribution in [0.1, 0.15) is 4.88 Å². The minimum atomic E-state index is -4.47. The third-order valence-corrected chi connectivity index (χ3v) is 5.57. The molecule has 0 atom stereocenters. The first-order chi connectivity index (χ1) is 14.5. The van der Waals surface area contributed by atoms with Gasteiger partial charge in [0.05, 0.1) is 17.8 Å². The van der Waals surface area contributed by atoms with E-state index in [9.17, 15) is 28.0 Å². The summed E-state index contributed by atoms with van der Waals surface area (Å²) < 4.78 is 33.2. The predicted molar refractivity (Wildman–Crippen MR) is 110 cm³/mol. The molecule has 12 nitrogen and oxygen atoms in total. The highest BCUT2D eigenvalue weighted by atomic mass is 32.2. The number of benzene rings is 1. The molecule has 0 aliphatic carbocycles. The number of rotatable bonds is 7. The zero-order chi connectivity index (χ0) is 22.8. The molecule has 164 valence electrons. The van der Waals surface area contributed by atoms with E-state index in [0.29, 0.717) is 9.61 Å². The van der Waals surface area contributed by atoms with Gasteiger partial charge in [0.2, 0.25) is 16.9 Å². The molecule has 0 aliphatic heterocycles. The van der Waals surface area contributed by atoms with Crippen LogP contribution in [-0.2, 0) is 21.3 Å². The molecule has 0 fully saturated rings. The summed E-state index contributed by atoms with van der Waals surface area (Å²) in [6, 6.07) is 6.50. The Kier molecular flexibility index (Phi) is 6.24. The lowest BCUT2D eigenvalue weighted by atomic mass is 10.3. The highest BCUT2D eigenvalue weighted by Gasteiger charge is 2.18. The fourth-order valence-corrected chi connectivity index (χ4v) is 3.94. The number of azo groups is 1. The van der Waals surface area contributed by atoms with Gasteiger partial charge in [-0.3, -0.25) is 4.55 Å². The van der Waals surface area contributed by atoms with Crippen molar-refractivity contribution in [3.05, 3.63) is 41.4 Å². The molecule has 0 radical (unpaired) electrons. The van der Waals surface area contributed by atoms with Gasteiger partial charge in [-0.25, -0.2) is 9.78 Å². The van der Waals surface area contributed by atoms with E-state index in [4.69, 9.17) is 4.84 Å². The Morgan fingerprint density at radius 3 is 2.48 bits per heavy atom. The highest BCUT2D eigenvalue weighted by molar-refractivity contribution is 7.86. The average Bonchev–Trinajstić information content (AvgIpc) is 3.26. The molecule has 14 heteroatoms. The number of carbonyl (C=O) groups excluding carboxylic acids is 1. The van der Waals surface area contributed by atoms with Crippen molar-refractivity contribution in [1.82, 2.24) is 9.71 Å². The first kappa shape index (κ1) is 22.2. The van der Waals surface area contributed by atoms with E-state index < -0.39 is 27.8 Å². The molecule has 3 aromatic rings. The lowest BCUT2D eigenvalue weighted by molar-refractivity contribution is -0.144. The van der Waals surface area contributed by atoms with E-state index >= 15 is 0 Å². The number of anilines is 1. The number of aromatic nitrogens is 2. The van der Waals surface area contributed by atoms with Gasteiger partial charge in [-0.2, -0.15) is 8.42 Å². The molecule has 0 unspecified atom stereocenters. The van der Waals surface area contributed by atoms with Gasteiger partial charge in [0.15, 0.2) is 0 Å². The van der Waals surface area contributed by atoms with Crippen molar-refractivity contribution in [2.24, 2.45) is 10.2 Å². The Labute approximate surface area is 180 Å². The summed E-state index contributed by atoms with van der Waals surface area (Å²) in [4.78, 5) is 22.5. The van der Waals surface area contributed by atoms with Crippen LogP contribution in [0.15, 0.2) is 51.7 Å². The van der Waals surface area contributed by atoms with Crippen molar-refractivity contribution in [2.45, 2.75) is 11.3 Å². The maximum atomic E-state index is 12.0. The average molecular weight is 467 g/mol. The first-order valence-electron chi connectivity index (χ1n) is 8.51. The first-order valence-corrected chi connectivity index (χ1v) is 10.8. The predicted octanol–water partition coefficient (Wildman–Crippen LogP) is 2.28. The van der Waals surface area contributed by atoms with E-state index in [1.165, 1.54) is 29.3 Å². The van der Waals surface area contributed by atoms with Crippen LogP contribution in [0.2, 0.25) is 0 Å². The van der Waals surface area contributed by atoms with E-state index in [2.05, 4.69) is 15.2 Å². The van der Waals surface area contributed by atoms with Crippen LogP contribution in [0, 0.1) is 0 Å². The standard InChI is InChI=1S/C17H17N5O7S2/c1-21(2)12-4-3-10(7-13(12)31(26,27)28)19-20-17-18-9-11(30-17)8-16(25)29-22-14(23)5-6-15(22)24/h3-7,9,23-24H,8H2,1-2H3,(H,26,27,28). The van der Waals surface area contributed by atoms with Crippen molar-refractivity contribution < 1.29 is 32.8 Å². The van der Waals surface area contributed by atoms with E-state index in [-0.39, 0.29) is 27.8 Å². The topological polar surface area (TPSA) is 167 Å². The Hall–Kier alpha value is -3.49. The summed E-state index contributed by atoms with van der Waals surface area (Å²) >= 11 is 1.04. The Morgan fingerprint density at radius 2 is 1.87 bits per heavy atom. The molecule has 0 bridgehead atoms. The Balaban J connectivity index is 1.71. The number of hydrogen-bond donors (Lipinski definition) is 3. The summed E-state index contributed by atoms with van der Waals surface area (Å²) in [5.41, 5.74) is 0.462. The van der Waals surface area contributed by atoms with Gasteiger partial charge in [-0.15, -0.1) is 15.0 Å². The van der Waals surface area contributed by atoms with Crippen molar-refractivity contribution >= 4 is 43.9 Å². The van der Waals surface area contributed by atoms with Crippen LogP contribution in [-0.4, -0.2) is 53.0 Å². The molecule has 31 heavy (non-hydrogen) atoms. The molecule has 0 saturated carbocycles. The molecular formula is C17H17N5O7S2. The number of carbonyl (C=O) groups is 1. The number of thiazole rings is 1. The summed E-state index contributed by atoms with van der Waals surface area (Å²) in [6.07, 6.45) is 1.18. The lowest BCUT2D eigenvalue weighted by Crippen LogP contribution is -2.20. The molecule has 0 saturated heterocycles. The second kappa shape index (κ2) is 8.71. The molecular weight excluding hydrogens is 450 g/mol. The maximum absolute atomic E-state index is 12.0. The third kappa shape index (κ3) is 5.36. The largest absolute Gasteiger partial charge is 0.492 e. The van der Waals surface area contributed by atoms with E-state index in [1.54, 1.807) is 14.1 Å². The van der Waals surface area contributed by atoms with Crippen molar-refractivity contribution in [2.75, 3.05) is 19.0 Å². The minimum Gasteiger partial charge on any atom is -0.492 e. The monoisotopic (exact) mass is 467 g/mol. The van der Waals surface area contributed by atoms with E-state index in [1.807, 2.05) is 0 Å². The van der Waals surface area contributed by atoms with Crippen LogP contribution < -0.4 is 9.74 Å². The fourth-order valence-electron chi connectivity index (χ4n) is 2.44. The zero-order valence-corrected chi connectivity index (χ0v) is 17.8. The normalized spacial score (nSPS) is 11.7. The van der Waals surface area contributed by atoms with Gasteiger partial charge in [0.1, 0.15) is 4.90 Å². The molecule has 1 aromatic carbocycles. The molecule has 2 heterocycles. The van der Waals surface area contributed by atoms with Gasteiger partial charge >= 0.3 is 5.97 Å². The summed E-state index contributed by atoms with van der Waals surface area (Å²) in [7, 11) is -1.20. The molecule has 0 amide bonds. The van der Waals surface area contributed by atoms with Crippen LogP contribution >= 0.6 is 11.3 Å². The molecule has 3 rings (SSSR count). The van der Waals surface area contributed by atoms with Crippen LogP contribution in [0.5, 0.6) is 11.8 Å². The van der Waals surface area contributed by atoms with Crippen LogP contribution in [0.3, 0.4) is 0 Å². The number of hydrogen-bond acceptors (Lipinski definition) is 11. The maximum Gasteiger partial charge on any atom is 0.338 e. The quantitative estimate of drug-likeness (QED) is 0.349. The molecule has 3 N–H and O–H groups in total. The van der Waals surface area contributed by atoms with Gasteiger partial charge in [-0.05, 0) is 18.2 Å². The fraction of sp³-hybridized carbons (Fsp3) is 0.176. The second-order valence-corrected chi connectivity index (χ2v) is 8.80. The summed E-state index contributed by atoms with van der Waals surface area (Å²) in [6.45, 7) is 0. The van der Waals surface area contributed by atoms with Crippen molar-refractivity contribution in [3.63, 3.8) is 0 Å². The van der Waals surface area contributed by atoms with Gasteiger partial charge < -0.3 is 20.0 Å². The van der Waals surface area contributed by atoms with Crippen molar-refractivity contribution in [1.29, 1.82) is 0 Å². The van der Waals surface area contributed by atoms with Gasteiger partial charge in [-0.1, -0.05) is 11.3 Å². The number of nitrogens with zero attached hydrogens (tertiary/aromatic N) is 5. The third-order valence-electron chi connectivity index (χ3n) is 3.80. The number of aromatic hydroxyl groups is 2. The zero-order valence-electron chi connectivity index (χ0n) is 16.2. The SMILES string of the molecule is CN(C)c1ccc(N=Nc2ncc(CC(=O)On3c(O)ccc3O)s2)cc1S(=O)(=O)O. The minimum absolute atomic E-state index is 0.174. The molecule has 0 spiro atoms. The van der Waals surface area contributed by atoms with Crippen molar-refractivity contribution in [3.8, 4) is 11.8 Å². The van der Waals surface area contributed by atoms with Crippen LogP contribution in [0.25, 0.3) is 0 Å². The summed E-state index contributed by atoms with van der Waals surface area (Å²) in [5, 5.41) is 27.0. The smallest absolute Gasteiger partial charge is 0.338 e. The lowest BCUT2D eigenvalue weighted by Gasteiger charge is -2.15. The van der Waals surface area contributed by atoms with Crippen LogP contribution in [0.4, 0.5) is 16.5 Å². The molecule has 0 aliphatic rings. The van der Waals surface area contributed by atoms with Gasteiger partial charge in [0, 0.05) is 37.3 Å². The molecule has 2 aromatic heterocycles. The Morgan fingerprint density at radius 1 is 1.19 bits per heavy atom. The van der Waals surface area contributed by atoms with E-state index in [0.717, 1.165) is 23.5 Å². The Bertz CT molecular complexity index is 1230.